The molecule has 72 valence electrons. The van der Waals surface area contributed by atoms with Crippen LogP contribution in [0, 0.1) is 0 Å². The molecule has 0 aliphatic heterocycles. The molecule has 1 rings (SSSR count). The van der Waals surface area contributed by atoms with E-state index >= 15 is 0 Å². The molecule has 0 bridgehead atoms. The second kappa shape index (κ2) is 4.90. The molecule has 0 heterocycles. The molecule has 1 aromatic carbocycles. The van der Waals surface area contributed by atoms with Crippen molar-refractivity contribution in [2.24, 2.45) is 0 Å². The molecular weight excluding hydrogens is 158 g/mol. The standard InChI is InChI=1S/C12H19N/c1-4-7-10(2)11-8-5-6-9-12(11)13-3/h5-6,8-10,13H,4,7H2,1-3H3. The molecule has 0 spiro atoms. The van der Waals surface area contributed by atoms with Gasteiger partial charge in [-0.25, -0.2) is 0 Å². The molecule has 1 heteroatoms. The monoisotopic (exact) mass is 177 g/mol. The van der Waals surface area contributed by atoms with Gasteiger partial charge in [-0.15, -0.1) is 0 Å². The first-order valence-electron chi connectivity index (χ1n) is 5.06. The highest BCUT2D eigenvalue weighted by Gasteiger charge is 2.07. The second-order valence-corrected chi connectivity index (χ2v) is 3.53. The van der Waals surface area contributed by atoms with Gasteiger partial charge in [0, 0.05) is 12.7 Å². The predicted octanol–water partition coefficient (Wildman–Crippen LogP) is 3.63. The van der Waals surface area contributed by atoms with Gasteiger partial charge in [0.15, 0.2) is 0 Å². The summed E-state index contributed by atoms with van der Waals surface area (Å²) in [5, 5.41) is 3.23. The average molecular weight is 177 g/mol. The Morgan fingerprint density at radius 3 is 2.62 bits per heavy atom. The maximum atomic E-state index is 3.23. The zero-order valence-corrected chi connectivity index (χ0v) is 8.80. The number of hydrogen-bond donors (Lipinski definition) is 1. The Balaban J connectivity index is 2.85. The number of hydrogen-bond acceptors (Lipinski definition) is 1. The Bertz CT molecular complexity index is 255. The third-order valence-corrected chi connectivity index (χ3v) is 2.48. The van der Waals surface area contributed by atoms with Crippen LogP contribution in [0.1, 0.15) is 38.2 Å². The lowest BCUT2D eigenvalue weighted by Gasteiger charge is -2.15. The van der Waals surface area contributed by atoms with Crippen LogP contribution in [0.4, 0.5) is 5.69 Å². The van der Waals surface area contributed by atoms with E-state index in [1.165, 1.54) is 24.1 Å². The van der Waals surface area contributed by atoms with E-state index in [1.807, 2.05) is 7.05 Å². The topological polar surface area (TPSA) is 12.0 Å². The smallest absolute Gasteiger partial charge is 0.0372 e. The van der Waals surface area contributed by atoms with Gasteiger partial charge in [-0.3, -0.25) is 0 Å². The summed E-state index contributed by atoms with van der Waals surface area (Å²) in [4.78, 5) is 0. The van der Waals surface area contributed by atoms with Crippen LogP contribution in [0.25, 0.3) is 0 Å². The summed E-state index contributed by atoms with van der Waals surface area (Å²) >= 11 is 0. The Kier molecular flexibility index (Phi) is 3.81. The zero-order chi connectivity index (χ0) is 9.68. The number of nitrogens with one attached hydrogen (secondary N) is 1. The van der Waals surface area contributed by atoms with Gasteiger partial charge in [0.1, 0.15) is 0 Å². The van der Waals surface area contributed by atoms with Crippen LogP contribution >= 0.6 is 0 Å². The maximum absolute atomic E-state index is 3.23. The third-order valence-electron chi connectivity index (χ3n) is 2.48. The van der Waals surface area contributed by atoms with Crippen molar-refractivity contribution in [3.05, 3.63) is 29.8 Å². The highest BCUT2D eigenvalue weighted by molar-refractivity contribution is 5.52. The van der Waals surface area contributed by atoms with Gasteiger partial charge in [-0.05, 0) is 24.0 Å². The highest BCUT2D eigenvalue weighted by atomic mass is 14.8. The lowest BCUT2D eigenvalue weighted by atomic mass is 9.95. The third kappa shape index (κ3) is 2.48. The Hall–Kier alpha value is -0.980. The number of anilines is 1. The van der Waals surface area contributed by atoms with Crippen molar-refractivity contribution >= 4 is 5.69 Å². The summed E-state index contributed by atoms with van der Waals surface area (Å²) in [5.74, 6) is 0.661. The fourth-order valence-corrected chi connectivity index (χ4v) is 1.74. The molecule has 0 aliphatic carbocycles. The maximum Gasteiger partial charge on any atom is 0.0372 e. The predicted molar refractivity (Wildman–Crippen MR) is 59.3 cm³/mol. The lowest BCUT2D eigenvalue weighted by Crippen LogP contribution is -1.99. The molecule has 0 saturated carbocycles. The van der Waals surface area contributed by atoms with Crippen molar-refractivity contribution in [2.45, 2.75) is 32.6 Å². The molecule has 1 unspecified atom stereocenters. The Morgan fingerprint density at radius 1 is 1.31 bits per heavy atom. The van der Waals surface area contributed by atoms with Gasteiger partial charge < -0.3 is 5.32 Å². The van der Waals surface area contributed by atoms with Crippen LogP contribution in [0.5, 0.6) is 0 Å². The fourth-order valence-electron chi connectivity index (χ4n) is 1.74. The molecule has 0 fully saturated rings. The molecular formula is C12H19N. The molecule has 0 saturated heterocycles. The summed E-state index contributed by atoms with van der Waals surface area (Å²) in [6, 6.07) is 8.55. The Labute approximate surface area is 81.2 Å². The van der Waals surface area contributed by atoms with E-state index in [-0.39, 0.29) is 0 Å². The van der Waals surface area contributed by atoms with Crippen LogP contribution in [0.3, 0.4) is 0 Å². The first-order valence-corrected chi connectivity index (χ1v) is 5.06. The minimum atomic E-state index is 0.661. The van der Waals surface area contributed by atoms with Gasteiger partial charge >= 0.3 is 0 Å². The molecule has 1 N–H and O–H groups in total. The minimum Gasteiger partial charge on any atom is -0.388 e. The molecule has 1 aromatic rings. The fraction of sp³-hybridized carbons (Fsp3) is 0.500. The van der Waals surface area contributed by atoms with Crippen molar-refractivity contribution in [1.82, 2.24) is 0 Å². The van der Waals surface area contributed by atoms with Crippen LogP contribution in [0.2, 0.25) is 0 Å². The van der Waals surface area contributed by atoms with E-state index in [0.717, 1.165) is 0 Å². The molecule has 0 amide bonds. The largest absolute Gasteiger partial charge is 0.388 e. The summed E-state index contributed by atoms with van der Waals surface area (Å²) in [6.45, 7) is 4.53. The summed E-state index contributed by atoms with van der Waals surface area (Å²) in [5.41, 5.74) is 2.70. The van der Waals surface area contributed by atoms with Gasteiger partial charge in [0.2, 0.25) is 0 Å². The zero-order valence-electron chi connectivity index (χ0n) is 8.80. The summed E-state index contributed by atoms with van der Waals surface area (Å²) < 4.78 is 0. The van der Waals surface area contributed by atoms with Crippen LogP contribution in [-0.2, 0) is 0 Å². The van der Waals surface area contributed by atoms with Crippen molar-refractivity contribution < 1.29 is 0 Å². The summed E-state index contributed by atoms with van der Waals surface area (Å²) in [7, 11) is 1.98. The van der Waals surface area contributed by atoms with Crippen molar-refractivity contribution in [3.63, 3.8) is 0 Å². The molecule has 0 aliphatic rings. The quantitative estimate of drug-likeness (QED) is 0.740. The Morgan fingerprint density at radius 2 is 2.00 bits per heavy atom. The van der Waals surface area contributed by atoms with Gasteiger partial charge in [-0.2, -0.15) is 0 Å². The first kappa shape index (κ1) is 10.1. The molecule has 0 radical (unpaired) electrons. The van der Waals surface area contributed by atoms with Crippen molar-refractivity contribution in [3.8, 4) is 0 Å². The molecule has 1 nitrogen and oxygen atoms in total. The van der Waals surface area contributed by atoms with Gasteiger partial charge in [0.25, 0.3) is 0 Å². The molecule has 13 heavy (non-hydrogen) atoms. The number of benzene rings is 1. The molecule has 1 atom stereocenters. The van der Waals surface area contributed by atoms with E-state index in [2.05, 4.69) is 43.4 Å². The minimum absolute atomic E-state index is 0.661. The number of para-hydroxylation sites is 1. The van der Waals surface area contributed by atoms with E-state index < -0.39 is 0 Å². The van der Waals surface area contributed by atoms with E-state index in [9.17, 15) is 0 Å². The van der Waals surface area contributed by atoms with E-state index in [4.69, 9.17) is 0 Å². The van der Waals surface area contributed by atoms with Crippen LogP contribution in [-0.4, -0.2) is 7.05 Å². The van der Waals surface area contributed by atoms with Crippen LogP contribution in [0.15, 0.2) is 24.3 Å². The second-order valence-electron chi connectivity index (χ2n) is 3.53. The van der Waals surface area contributed by atoms with E-state index in [1.54, 1.807) is 0 Å². The molecule has 0 aromatic heterocycles. The normalized spacial score (nSPS) is 12.5. The summed E-state index contributed by atoms with van der Waals surface area (Å²) in [6.07, 6.45) is 2.51. The lowest BCUT2D eigenvalue weighted by molar-refractivity contribution is 0.666. The van der Waals surface area contributed by atoms with Gasteiger partial charge in [-0.1, -0.05) is 38.5 Å². The van der Waals surface area contributed by atoms with Crippen molar-refractivity contribution in [1.29, 1.82) is 0 Å². The highest BCUT2D eigenvalue weighted by Crippen LogP contribution is 2.26. The van der Waals surface area contributed by atoms with E-state index in [0.29, 0.717) is 5.92 Å². The van der Waals surface area contributed by atoms with Gasteiger partial charge in [0.05, 0.1) is 0 Å². The average Bonchev–Trinajstić information content (AvgIpc) is 2.18. The SMILES string of the molecule is CCCC(C)c1ccccc1NC. The van der Waals surface area contributed by atoms with Crippen LogP contribution < -0.4 is 5.32 Å². The van der Waals surface area contributed by atoms with Crippen molar-refractivity contribution in [2.75, 3.05) is 12.4 Å². The number of rotatable bonds is 4. The first-order chi connectivity index (χ1) is 6.29.